The molecule has 0 saturated carbocycles. The van der Waals surface area contributed by atoms with Crippen molar-refractivity contribution in [2.24, 2.45) is 0 Å². The number of nitrogens with zero attached hydrogens (tertiary/aromatic N) is 2. The maximum Gasteiger partial charge on any atom is 0.287 e. The van der Waals surface area contributed by atoms with Crippen molar-refractivity contribution in [3.63, 3.8) is 0 Å². The summed E-state index contributed by atoms with van der Waals surface area (Å²) in [6, 6.07) is 3.33. The molecule has 4 rings (SSSR count). The van der Waals surface area contributed by atoms with Gasteiger partial charge in [0.15, 0.2) is 5.76 Å². The molecular weight excluding hydrogens is 366 g/mol. The van der Waals surface area contributed by atoms with Gasteiger partial charge in [-0.2, -0.15) is 0 Å². The van der Waals surface area contributed by atoms with E-state index in [0.29, 0.717) is 31.1 Å². The Balaban J connectivity index is 1.26. The first-order valence-electron chi connectivity index (χ1n) is 9.26. The topological polar surface area (TPSA) is 84.7 Å². The van der Waals surface area contributed by atoms with E-state index in [1.54, 1.807) is 12.1 Å². The summed E-state index contributed by atoms with van der Waals surface area (Å²) in [4.78, 5) is 30.7. The third-order valence-corrected chi connectivity index (χ3v) is 6.15. The zero-order chi connectivity index (χ0) is 18.9. The van der Waals surface area contributed by atoms with Crippen molar-refractivity contribution < 1.29 is 18.7 Å². The highest BCUT2D eigenvalue weighted by molar-refractivity contribution is 7.09. The van der Waals surface area contributed by atoms with Crippen molar-refractivity contribution in [2.45, 2.75) is 44.3 Å². The van der Waals surface area contributed by atoms with Crippen molar-refractivity contribution in [3.8, 4) is 0 Å². The number of amides is 2. The van der Waals surface area contributed by atoms with Crippen LogP contribution in [0.5, 0.6) is 0 Å². The molecule has 2 aliphatic heterocycles. The molecule has 0 aromatic carbocycles. The van der Waals surface area contributed by atoms with Gasteiger partial charge in [-0.1, -0.05) is 0 Å². The Bertz CT molecular complexity index is 809. The third kappa shape index (κ3) is 3.91. The highest BCUT2D eigenvalue weighted by Gasteiger charge is 2.43. The number of carbonyl (C=O) groups is 2. The molecule has 0 bridgehead atoms. The van der Waals surface area contributed by atoms with Crippen molar-refractivity contribution in [2.75, 3.05) is 19.6 Å². The average Bonchev–Trinajstić information content (AvgIpc) is 3.42. The number of aromatic nitrogens is 1. The molecule has 1 atom stereocenters. The third-order valence-electron chi connectivity index (χ3n) is 5.37. The average molecular weight is 389 g/mol. The summed E-state index contributed by atoms with van der Waals surface area (Å²) in [5, 5.41) is 5.60. The summed E-state index contributed by atoms with van der Waals surface area (Å²) in [6.45, 7) is 3.74. The summed E-state index contributed by atoms with van der Waals surface area (Å²) < 4.78 is 11.4. The number of ether oxygens (including phenoxy) is 1. The molecule has 1 unspecified atom stereocenters. The number of carbonyl (C=O) groups excluding carboxylic acids is 2. The van der Waals surface area contributed by atoms with Gasteiger partial charge in [-0.05, 0) is 44.7 Å². The van der Waals surface area contributed by atoms with Crippen LogP contribution in [-0.2, 0) is 4.74 Å². The van der Waals surface area contributed by atoms with E-state index in [1.165, 1.54) is 17.6 Å². The molecule has 2 aromatic rings. The lowest BCUT2D eigenvalue weighted by atomic mass is 9.88. The summed E-state index contributed by atoms with van der Waals surface area (Å²) >= 11 is 1.50. The fourth-order valence-electron chi connectivity index (χ4n) is 3.85. The minimum Gasteiger partial charge on any atom is -0.459 e. The van der Waals surface area contributed by atoms with E-state index >= 15 is 0 Å². The van der Waals surface area contributed by atoms with E-state index in [1.807, 2.05) is 17.2 Å². The van der Waals surface area contributed by atoms with Crippen LogP contribution < -0.4 is 5.32 Å². The Labute approximate surface area is 161 Å². The van der Waals surface area contributed by atoms with Crippen LogP contribution in [0.4, 0.5) is 0 Å². The van der Waals surface area contributed by atoms with E-state index in [2.05, 4.69) is 10.3 Å². The summed E-state index contributed by atoms with van der Waals surface area (Å²) in [7, 11) is 0. The van der Waals surface area contributed by atoms with Crippen LogP contribution in [-0.4, -0.2) is 53.0 Å². The fraction of sp³-hybridized carbons (Fsp3) is 0.526. The second-order valence-corrected chi connectivity index (χ2v) is 8.26. The van der Waals surface area contributed by atoms with Crippen molar-refractivity contribution in [1.82, 2.24) is 15.2 Å². The fourth-order valence-corrected chi connectivity index (χ4v) is 4.44. The van der Waals surface area contributed by atoms with Gasteiger partial charge in [0.25, 0.3) is 11.8 Å². The van der Waals surface area contributed by atoms with E-state index in [-0.39, 0.29) is 23.5 Å². The highest BCUT2D eigenvalue weighted by atomic mass is 32.1. The molecule has 2 saturated heterocycles. The Morgan fingerprint density at radius 2 is 2.19 bits per heavy atom. The molecule has 2 aromatic heterocycles. The smallest absolute Gasteiger partial charge is 0.287 e. The Morgan fingerprint density at radius 1 is 1.37 bits per heavy atom. The molecular formula is C19H23N3O4S. The largest absolute Gasteiger partial charge is 0.459 e. The van der Waals surface area contributed by atoms with Crippen molar-refractivity contribution in [3.05, 3.63) is 40.2 Å². The molecule has 2 aliphatic rings. The number of hydrogen-bond acceptors (Lipinski definition) is 6. The molecule has 7 nitrogen and oxygen atoms in total. The molecule has 27 heavy (non-hydrogen) atoms. The summed E-state index contributed by atoms with van der Waals surface area (Å²) in [5.41, 5.74) is 0.369. The van der Waals surface area contributed by atoms with Crippen LogP contribution in [0.3, 0.4) is 0 Å². The van der Waals surface area contributed by atoms with Gasteiger partial charge in [0.05, 0.1) is 23.0 Å². The highest BCUT2D eigenvalue weighted by Crippen LogP contribution is 2.39. The van der Waals surface area contributed by atoms with Gasteiger partial charge >= 0.3 is 0 Å². The predicted octanol–water partition coefficient (Wildman–Crippen LogP) is 2.63. The minimum absolute atomic E-state index is 0.00681. The quantitative estimate of drug-likeness (QED) is 0.869. The lowest BCUT2D eigenvalue weighted by Crippen LogP contribution is -2.47. The number of thiazole rings is 1. The Hall–Kier alpha value is -2.19. The Kier molecular flexibility index (Phi) is 5.01. The minimum atomic E-state index is -0.219. The molecule has 2 fully saturated rings. The summed E-state index contributed by atoms with van der Waals surface area (Å²) in [6.07, 6.45) is 5.02. The second-order valence-electron chi connectivity index (χ2n) is 7.19. The molecule has 8 heteroatoms. The van der Waals surface area contributed by atoms with E-state index in [4.69, 9.17) is 9.15 Å². The van der Waals surface area contributed by atoms with Gasteiger partial charge in [-0.25, -0.2) is 4.98 Å². The van der Waals surface area contributed by atoms with Gasteiger partial charge in [0, 0.05) is 25.0 Å². The second kappa shape index (κ2) is 7.44. The monoisotopic (exact) mass is 389 g/mol. The molecule has 144 valence electrons. The lowest BCUT2D eigenvalue weighted by Gasteiger charge is -2.39. The van der Waals surface area contributed by atoms with Crippen LogP contribution in [0, 0.1) is 6.92 Å². The number of furan rings is 1. The number of likely N-dealkylation sites (tertiary alicyclic amines) is 1. The first-order chi connectivity index (χ1) is 13.0. The maximum atomic E-state index is 12.5. The maximum absolute atomic E-state index is 12.5. The van der Waals surface area contributed by atoms with Crippen molar-refractivity contribution >= 4 is 23.2 Å². The standard InChI is InChI=1S/C19H23N3O4S/c1-13-21-15(12-27-13)18(24)22-8-6-19(7-9-22)5-4-14(26-19)11-20-17(23)16-3-2-10-25-16/h2-3,10,12,14H,4-9,11H2,1H3,(H,20,23). The zero-order valence-electron chi connectivity index (χ0n) is 15.3. The molecule has 0 aliphatic carbocycles. The zero-order valence-corrected chi connectivity index (χ0v) is 16.1. The normalized spacial score (nSPS) is 21.5. The Morgan fingerprint density at radius 3 is 2.85 bits per heavy atom. The van der Waals surface area contributed by atoms with Gasteiger partial charge < -0.3 is 19.4 Å². The van der Waals surface area contributed by atoms with E-state index < -0.39 is 0 Å². The number of piperidine rings is 1. The number of rotatable bonds is 4. The number of hydrogen-bond donors (Lipinski definition) is 1. The van der Waals surface area contributed by atoms with Gasteiger partial charge in [0.1, 0.15) is 5.69 Å². The molecule has 1 spiro atoms. The lowest BCUT2D eigenvalue weighted by molar-refractivity contribution is -0.0713. The molecule has 0 radical (unpaired) electrons. The van der Waals surface area contributed by atoms with Crippen LogP contribution in [0.2, 0.25) is 0 Å². The van der Waals surface area contributed by atoms with E-state index in [9.17, 15) is 9.59 Å². The molecule has 4 heterocycles. The first kappa shape index (κ1) is 18.2. The van der Waals surface area contributed by atoms with Crippen LogP contribution in [0.15, 0.2) is 28.2 Å². The number of nitrogens with one attached hydrogen (secondary N) is 1. The molecule has 2 amide bonds. The van der Waals surface area contributed by atoms with Gasteiger partial charge in [-0.3, -0.25) is 9.59 Å². The summed E-state index contributed by atoms with van der Waals surface area (Å²) in [5.74, 6) is 0.102. The first-order valence-corrected chi connectivity index (χ1v) is 10.1. The van der Waals surface area contributed by atoms with E-state index in [0.717, 1.165) is 30.7 Å². The van der Waals surface area contributed by atoms with Crippen LogP contribution in [0.25, 0.3) is 0 Å². The van der Waals surface area contributed by atoms with Crippen LogP contribution in [0.1, 0.15) is 51.7 Å². The SMILES string of the molecule is Cc1nc(C(=O)N2CCC3(CCC(CNC(=O)c4ccco4)O3)CC2)cs1. The van der Waals surface area contributed by atoms with Gasteiger partial charge in [0.2, 0.25) is 0 Å². The predicted molar refractivity (Wildman–Crippen MR) is 99.9 cm³/mol. The van der Waals surface area contributed by atoms with Crippen LogP contribution >= 0.6 is 11.3 Å². The van der Waals surface area contributed by atoms with Crippen molar-refractivity contribution in [1.29, 1.82) is 0 Å². The molecule has 1 N–H and O–H groups in total. The van der Waals surface area contributed by atoms with Gasteiger partial charge in [-0.15, -0.1) is 11.3 Å². The number of aryl methyl sites for hydroxylation is 1.